The van der Waals surface area contributed by atoms with Crippen LogP contribution in [-0.4, -0.2) is 39.0 Å². The van der Waals surface area contributed by atoms with Crippen molar-refractivity contribution in [1.29, 1.82) is 0 Å². The van der Waals surface area contributed by atoms with Gasteiger partial charge in [0, 0.05) is 6.04 Å². The highest BCUT2D eigenvalue weighted by atomic mass is 19.4. The van der Waals surface area contributed by atoms with E-state index in [-0.39, 0.29) is 29.0 Å². The van der Waals surface area contributed by atoms with E-state index >= 15 is 0 Å². The van der Waals surface area contributed by atoms with Crippen LogP contribution >= 0.6 is 0 Å². The molecule has 0 radical (unpaired) electrons. The zero-order valence-corrected chi connectivity index (χ0v) is 9.53. The van der Waals surface area contributed by atoms with Crippen molar-refractivity contribution in [2.75, 3.05) is 17.2 Å². The molecule has 0 aromatic carbocycles. The summed E-state index contributed by atoms with van der Waals surface area (Å²) in [5, 5.41) is 12.1. The van der Waals surface area contributed by atoms with E-state index in [2.05, 4.69) is 35.5 Å². The Morgan fingerprint density at radius 1 is 1.11 bits per heavy atom. The molecule has 0 aliphatic heterocycles. The van der Waals surface area contributed by atoms with Gasteiger partial charge in [0.1, 0.15) is 6.54 Å². The maximum absolute atomic E-state index is 12.2. The Balaban J connectivity index is 1.89. The summed E-state index contributed by atoms with van der Waals surface area (Å²) in [4.78, 5) is 7.96. The fourth-order valence-corrected chi connectivity index (χ4v) is 1.47. The van der Waals surface area contributed by atoms with Gasteiger partial charge in [0.15, 0.2) is 11.6 Å². The molecule has 0 amide bonds. The summed E-state index contributed by atoms with van der Waals surface area (Å²) in [5.74, 6) is 0.224. The van der Waals surface area contributed by atoms with Crippen LogP contribution in [0, 0.1) is 0 Å². The van der Waals surface area contributed by atoms with E-state index in [1.807, 2.05) is 0 Å². The first-order valence-electron chi connectivity index (χ1n) is 5.59. The Bertz CT molecular complexity index is 593. The zero-order valence-electron chi connectivity index (χ0n) is 9.53. The van der Waals surface area contributed by atoms with Gasteiger partial charge in [0.2, 0.25) is 11.3 Å². The number of hydrogen-bond donors (Lipinski definition) is 2. The molecule has 2 aromatic rings. The molecule has 19 heavy (non-hydrogen) atoms. The van der Waals surface area contributed by atoms with Crippen molar-refractivity contribution >= 4 is 22.9 Å². The van der Waals surface area contributed by atoms with Gasteiger partial charge in [-0.25, -0.2) is 14.6 Å². The summed E-state index contributed by atoms with van der Waals surface area (Å²) in [7, 11) is 0. The number of fused-ring (bicyclic) bond motifs is 1. The molecule has 10 heteroatoms. The predicted octanol–water partition coefficient (Wildman–Crippen LogP) is 1.56. The third-order valence-electron chi connectivity index (χ3n) is 2.49. The summed E-state index contributed by atoms with van der Waals surface area (Å²) in [6, 6.07) is 0.220. The highest BCUT2D eigenvalue weighted by molar-refractivity contribution is 5.73. The number of anilines is 2. The Morgan fingerprint density at radius 3 is 2.32 bits per heavy atom. The van der Waals surface area contributed by atoms with Gasteiger partial charge >= 0.3 is 6.18 Å². The molecular formula is C9H9F3N6O. The SMILES string of the molecule is FC(F)(F)CNc1nc2nonc2nc1NC1CC1. The van der Waals surface area contributed by atoms with Gasteiger partial charge in [-0.2, -0.15) is 13.2 Å². The predicted molar refractivity (Wildman–Crippen MR) is 58.6 cm³/mol. The molecule has 1 aliphatic rings. The quantitative estimate of drug-likeness (QED) is 0.874. The molecule has 1 saturated carbocycles. The average Bonchev–Trinajstić information content (AvgIpc) is 3.02. The van der Waals surface area contributed by atoms with Crippen molar-refractivity contribution in [2.24, 2.45) is 0 Å². The second kappa shape index (κ2) is 4.21. The molecule has 2 heterocycles. The van der Waals surface area contributed by atoms with E-state index in [1.54, 1.807) is 0 Å². The molecule has 2 N–H and O–H groups in total. The first-order chi connectivity index (χ1) is 9.01. The maximum atomic E-state index is 12.2. The summed E-state index contributed by atoms with van der Waals surface area (Å²) < 4.78 is 41.1. The highest BCUT2D eigenvalue weighted by Crippen LogP contribution is 2.28. The average molecular weight is 274 g/mol. The molecule has 2 aromatic heterocycles. The topological polar surface area (TPSA) is 88.8 Å². The smallest absolute Gasteiger partial charge is 0.364 e. The largest absolute Gasteiger partial charge is 0.405 e. The van der Waals surface area contributed by atoms with E-state index in [9.17, 15) is 13.2 Å². The van der Waals surface area contributed by atoms with Crippen LogP contribution in [0.2, 0.25) is 0 Å². The van der Waals surface area contributed by atoms with E-state index in [4.69, 9.17) is 0 Å². The lowest BCUT2D eigenvalue weighted by Crippen LogP contribution is -2.23. The van der Waals surface area contributed by atoms with Crippen molar-refractivity contribution in [2.45, 2.75) is 25.1 Å². The van der Waals surface area contributed by atoms with Crippen molar-refractivity contribution < 1.29 is 17.8 Å². The number of nitrogens with zero attached hydrogens (tertiary/aromatic N) is 4. The molecule has 0 unspecified atom stereocenters. The van der Waals surface area contributed by atoms with Gasteiger partial charge in [-0.05, 0) is 23.2 Å². The fourth-order valence-electron chi connectivity index (χ4n) is 1.47. The van der Waals surface area contributed by atoms with Crippen molar-refractivity contribution in [3.63, 3.8) is 0 Å². The molecule has 3 rings (SSSR count). The van der Waals surface area contributed by atoms with Crippen LogP contribution < -0.4 is 10.6 Å². The summed E-state index contributed by atoms with van der Waals surface area (Å²) in [5.41, 5.74) is 0.215. The minimum Gasteiger partial charge on any atom is -0.364 e. The molecule has 0 saturated heterocycles. The van der Waals surface area contributed by atoms with Crippen LogP contribution in [0.5, 0.6) is 0 Å². The standard InChI is InChI=1S/C9H9F3N6O/c10-9(11,12)3-13-5-6(14-4-1-2-4)16-8-7(15-5)17-19-18-8/h4H,1-3H2,(H,13,15,17)(H,14,16,18). The van der Waals surface area contributed by atoms with Crippen molar-refractivity contribution in [1.82, 2.24) is 20.3 Å². The van der Waals surface area contributed by atoms with Crippen LogP contribution in [0.15, 0.2) is 4.63 Å². The summed E-state index contributed by atoms with van der Waals surface area (Å²) in [6.07, 6.45) is -2.43. The minimum atomic E-state index is -4.34. The molecule has 1 aliphatic carbocycles. The highest BCUT2D eigenvalue weighted by Gasteiger charge is 2.29. The lowest BCUT2D eigenvalue weighted by atomic mass is 10.5. The van der Waals surface area contributed by atoms with Gasteiger partial charge in [-0.3, -0.25) is 0 Å². The van der Waals surface area contributed by atoms with Crippen LogP contribution in [0.1, 0.15) is 12.8 Å². The lowest BCUT2D eigenvalue weighted by molar-refractivity contribution is -0.115. The third-order valence-corrected chi connectivity index (χ3v) is 2.49. The molecule has 102 valence electrons. The second-order valence-electron chi connectivity index (χ2n) is 4.22. The Kier molecular flexibility index (Phi) is 2.64. The minimum absolute atomic E-state index is 0.00701. The first kappa shape index (κ1) is 11.9. The molecular weight excluding hydrogens is 265 g/mol. The Hall–Kier alpha value is -2.13. The fraction of sp³-hybridized carbons (Fsp3) is 0.556. The lowest BCUT2D eigenvalue weighted by Gasteiger charge is -2.12. The van der Waals surface area contributed by atoms with Gasteiger partial charge in [-0.15, -0.1) is 0 Å². The number of nitrogens with one attached hydrogen (secondary N) is 2. The number of halogens is 3. The second-order valence-corrected chi connectivity index (χ2v) is 4.22. The normalized spacial score (nSPS) is 15.7. The van der Waals surface area contributed by atoms with E-state index in [1.165, 1.54) is 0 Å². The number of hydrogen-bond acceptors (Lipinski definition) is 7. The monoisotopic (exact) mass is 274 g/mol. The molecule has 0 atom stereocenters. The number of aromatic nitrogens is 4. The molecule has 7 nitrogen and oxygen atoms in total. The van der Waals surface area contributed by atoms with Crippen molar-refractivity contribution in [3.8, 4) is 0 Å². The molecule has 1 fully saturated rings. The summed E-state index contributed by atoms with van der Waals surface area (Å²) >= 11 is 0. The Labute approximate surface area is 104 Å². The zero-order chi connectivity index (χ0) is 13.5. The van der Waals surface area contributed by atoms with Crippen LogP contribution in [-0.2, 0) is 0 Å². The van der Waals surface area contributed by atoms with Gasteiger partial charge < -0.3 is 10.6 Å². The van der Waals surface area contributed by atoms with E-state index < -0.39 is 12.7 Å². The Morgan fingerprint density at radius 2 is 1.74 bits per heavy atom. The van der Waals surface area contributed by atoms with Gasteiger partial charge in [-0.1, -0.05) is 0 Å². The molecule has 0 bridgehead atoms. The summed E-state index contributed by atoms with van der Waals surface area (Å²) in [6.45, 7) is -1.20. The van der Waals surface area contributed by atoms with Crippen LogP contribution in [0.3, 0.4) is 0 Å². The first-order valence-corrected chi connectivity index (χ1v) is 5.59. The van der Waals surface area contributed by atoms with Crippen LogP contribution in [0.25, 0.3) is 11.3 Å². The number of alkyl halides is 3. The van der Waals surface area contributed by atoms with E-state index in [0.717, 1.165) is 12.8 Å². The molecule has 0 spiro atoms. The third kappa shape index (κ3) is 2.83. The van der Waals surface area contributed by atoms with Crippen molar-refractivity contribution in [3.05, 3.63) is 0 Å². The van der Waals surface area contributed by atoms with Gasteiger partial charge in [0.25, 0.3) is 0 Å². The maximum Gasteiger partial charge on any atom is 0.405 e. The number of rotatable bonds is 4. The van der Waals surface area contributed by atoms with Gasteiger partial charge in [0.05, 0.1) is 0 Å². The van der Waals surface area contributed by atoms with Crippen LogP contribution in [0.4, 0.5) is 24.8 Å². The van der Waals surface area contributed by atoms with E-state index in [0.29, 0.717) is 0 Å².